The Morgan fingerprint density at radius 3 is 1.75 bits per heavy atom. The Bertz CT molecular complexity index is 481. The van der Waals surface area contributed by atoms with Crippen molar-refractivity contribution in [2.75, 3.05) is 6.54 Å². The summed E-state index contributed by atoms with van der Waals surface area (Å²) in [5.74, 6) is -3.90. The number of unbranched alkanes of at least 4 members (excludes halogenated alkanes) is 6. The van der Waals surface area contributed by atoms with Crippen LogP contribution < -0.4 is 5.11 Å². The normalized spacial score (nSPS) is 17.0. The molecular formula is C21H37NO6. The molecule has 7 nitrogen and oxygen atoms in total. The Kier molecular flexibility index (Phi) is 12.4. The van der Waals surface area contributed by atoms with Crippen LogP contribution in [0.4, 0.5) is 0 Å². The van der Waals surface area contributed by atoms with Gasteiger partial charge >= 0.3 is 11.9 Å². The lowest BCUT2D eigenvalue weighted by Crippen LogP contribution is -2.71. The lowest BCUT2D eigenvalue weighted by Gasteiger charge is -2.49. The summed E-state index contributed by atoms with van der Waals surface area (Å²) < 4.78 is -0.589. The standard InChI is InChI=1S/C21H37NO6/c1-5-6-7-8-9-10-11-12-13-14-15-22(16(2)19(23)24,17(3)20(25)26)18(4)21(27)28/h12-13,16-18H,5-11,14-15H2,1-4H3,(H2-,23,24,25,26,27,28)/b13-12+. The number of carboxylic acid groups (broad SMARTS) is 3. The van der Waals surface area contributed by atoms with E-state index in [2.05, 4.69) is 6.92 Å². The van der Waals surface area contributed by atoms with Crippen molar-refractivity contribution in [1.29, 1.82) is 0 Å². The van der Waals surface area contributed by atoms with Crippen LogP contribution in [-0.4, -0.2) is 57.3 Å². The number of carbonyl (C=O) groups is 3. The molecule has 0 aromatic rings. The zero-order valence-electron chi connectivity index (χ0n) is 17.7. The number of carboxylic acids is 3. The summed E-state index contributed by atoms with van der Waals surface area (Å²) in [5.41, 5.74) is 0. The van der Waals surface area contributed by atoms with Crippen LogP contribution in [0.2, 0.25) is 0 Å². The van der Waals surface area contributed by atoms with E-state index in [-0.39, 0.29) is 6.54 Å². The number of hydrogen-bond donors (Lipinski definition) is 2. The maximum atomic E-state index is 11.6. The molecule has 0 saturated heterocycles. The summed E-state index contributed by atoms with van der Waals surface area (Å²) in [5, 5.41) is 30.6. The fourth-order valence-electron chi connectivity index (χ4n) is 3.77. The molecule has 0 radical (unpaired) electrons. The summed E-state index contributed by atoms with van der Waals surface area (Å²) in [7, 11) is 0. The highest BCUT2D eigenvalue weighted by Gasteiger charge is 2.50. The Hall–Kier alpha value is -1.89. The maximum Gasteiger partial charge on any atom is 0.362 e. The third-order valence-corrected chi connectivity index (χ3v) is 5.79. The molecule has 0 rings (SSSR count). The molecule has 3 atom stereocenters. The summed E-state index contributed by atoms with van der Waals surface area (Å²) >= 11 is 0. The van der Waals surface area contributed by atoms with E-state index in [9.17, 15) is 29.7 Å². The first-order chi connectivity index (χ1) is 13.1. The third-order valence-electron chi connectivity index (χ3n) is 5.79. The van der Waals surface area contributed by atoms with Gasteiger partial charge in [0.05, 0.1) is 12.5 Å². The van der Waals surface area contributed by atoms with E-state index >= 15 is 0 Å². The van der Waals surface area contributed by atoms with E-state index in [1.165, 1.54) is 46.5 Å². The summed E-state index contributed by atoms with van der Waals surface area (Å²) in [6, 6.07) is -3.64. The minimum absolute atomic E-state index is 0.100. The SMILES string of the molecule is CCCCCCCC/C=C/CC[N+](C(C)C(=O)[O-])(C(C)C(=O)O)C(C)C(=O)O. The van der Waals surface area contributed by atoms with Crippen molar-refractivity contribution in [3.05, 3.63) is 12.2 Å². The first-order valence-corrected chi connectivity index (χ1v) is 10.3. The number of nitrogens with zero attached hydrogens (tertiary/aromatic N) is 1. The minimum atomic E-state index is -1.45. The van der Waals surface area contributed by atoms with Crippen molar-refractivity contribution < 1.29 is 34.2 Å². The second-order valence-corrected chi connectivity index (χ2v) is 7.56. The van der Waals surface area contributed by atoms with Gasteiger partial charge in [0, 0.05) is 6.42 Å². The largest absolute Gasteiger partial charge is 0.544 e. The van der Waals surface area contributed by atoms with Gasteiger partial charge in [0.15, 0.2) is 12.1 Å². The maximum absolute atomic E-state index is 11.6. The van der Waals surface area contributed by atoms with Gasteiger partial charge < -0.3 is 20.1 Å². The molecular weight excluding hydrogens is 362 g/mol. The summed E-state index contributed by atoms with van der Waals surface area (Å²) in [6.45, 7) is 6.33. The van der Waals surface area contributed by atoms with Gasteiger partial charge in [-0.1, -0.05) is 51.2 Å². The third kappa shape index (κ3) is 7.62. The summed E-state index contributed by atoms with van der Waals surface area (Å²) in [4.78, 5) is 34.8. The van der Waals surface area contributed by atoms with Crippen LogP contribution >= 0.6 is 0 Å². The van der Waals surface area contributed by atoms with E-state index < -0.39 is 40.5 Å². The molecule has 2 N–H and O–H groups in total. The first-order valence-electron chi connectivity index (χ1n) is 10.3. The van der Waals surface area contributed by atoms with Crippen molar-refractivity contribution in [3.63, 3.8) is 0 Å². The quantitative estimate of drug-likeness (QED) is 0.234. The molecule has 0 aliphatic heterocycles. The van der Waals surface area contributed by atoms with Crippen molar-refractivity contribution in [1.82, 2.24) is 0 Å². The lowest BCUT2D eigenvalue weighted by molar-refractivity contribution is -0.969. The average Bonchev–Trinajstić information content (AvgIpc) is 2.64. The van der Waals surface area contributed by atoms with E-state index in [0.29, 0.717) is 6.42 Å². The van der Waals surface area contributed by atoms with Crippen LogP contribution in [-0.2, 0) is 14.4 Å². The first kappa shape index (κ1) is 26.1. The summed E-state index contributed by atoms with van der Waals surface area (Å²) in [6.07, 6.45) is 12.4. The Balaban J connectivity index is 5.08. The van der Waals surface area contributed by atoms with Crippen LogP contribution in [0.3, 0.4) is 0 Å². The minimum Gasteiger partial charge on any atom is -0.544 e. The highest BCUT2D eigenvalue weighted by Crippen LogP contribution is 2.26. The number of rotatable bonds is 16. The Morgan fingerprint density at radius 2 is 1.29 bits per heavy atom. The number of aliphatic carboxylic acids is 3. The van der Waals surface area contributed by atoms with E-state index in [4.69, 9.17) is 0 Å². The second-order valence-electron chi connectivity index (χ2n) is 7.56. The molecule has 0 fully saturated rings. The van der Waals surface area contributed by atoms with Gasteiger partial charge in [-0.2, -0.15) is 0 Å². The molecule has 0 spiro atoms. The molecule has 0 aromatic carbocycles. The van der Waals surface area contributed by atoms with Crippen molar-refractivity contribution in [2.24, 2.45) is 0 Å². The zero-order chi connectivity index (χ0) is 21.7. The number of allylic oxidation sites excluding steroid dienone is 1. The molecule has 3 unspecified atom stereocenters. The van der Waals surface area contributed by atoms with Crippen LogP contribution in [0.5, 0.6) is 0 Å². The van der Waals surface area contributed by atoms with E-state index in [1.807, 2.05) is 12.2 Å². The van der Waals surface area contributed by atoms with Crippen LogP contribution in [0.15, 0.2) is 12.2 Å². The lowest BCUT2D eigenvalue weighted by atomic mass is 10.0. The molecule has 7 heteroatoms. The molecule has 0 aromatic heterocycles. The molecule has 162 valence electrons. The Morgan fingerprint density at radius 1 is 0.821 bits per heavy atom. The van der Waals surface area contributed by atoms with Gasteiger partial charge in [0.1, 0.15) is 6.04 Å². The van der Waals surface area contributed by atoms with Crippen molar-refractivity contribution in [2.45, 2.75) is 97.2 Å². The molecule has 0 saturated carbocycles. The van der Waals surface area contributed by atoms with Gasteiger partial charge in [0.25, 0.3) is 0 Å². The molecule has 0 amide bonds. The molecule has 0 bridgehead atoms. The van der Waals surface area contributed by atoms with Crippen LogP contribution in [0.25, 0.3) is 0 Å². The molecule has 0 aliphatic carbocycles. The highest BCUT2D eigenvalue weighted by atomic mass is 16.4. The molecule has 0 aliphatic rings. The smallest absolute Gasteiger partial charge is 0.362 e. The monoisotopic (exact) mass is 399 g/mol. The van der Waals surface area contributed by atoms with E-state index in [0.717, 1.165) is 19.3 Å². The van der Waals surface area contributed by atoms with Gasteiger partial charge in [-0.25, -0.2) is 9.59 Å². The Labute approximate surface area is 168 Å². The van der Waals surface area contributed by atoms with Gasteiger partial charge in [-0.05, 0) is 33.6 Å². The molecule has 28 heavy (non-hydrogen) atoms. The van der Waals surface area contributed by atoms with Crippen molar-refractivity contribution in [3.8, 4) is 0 Å². The highest BCUT2D eigenvalue weighted by molar-refractivity contribution is 5.76. The fourth-order valence-corrected chi connectivity index (χ4v) is 3.77. The van der Waals surface area contributed by atoms with E-state index in [1.54, 1.807) is 0 Å². The van der Waals surface area contributed by atoms with Gasteiger partial charge in [-0.3, -0.25) is 4.48 Å². The zero-order valence-corrected chi connectivity index (χ0v) is 17.7. The molecule has 0 heterocycles. The van der Waals surface area contributed by atoms with Gasteiger partial charge in [-0.15, -0.1) is 0 Å². The second kappa shape index (κ2) is 13.3. The fraction of sp³-hybridized carbons (Fsp3) is 0.762. The number of hydrogen-bond acceptors (Lipinski definition) is 4. The van der Waals surface area contributed by atoms with Gasteiger partial charge in [0.2, 0.25) is 0 Å². The number of carbonyl (C=O) groups excluding carboxylic acids is 1. The predicted octanol–water partition coefficient (Wildman–Crippen LogP) is 2.58. The van der Waals surface area contributed by atoms with Crippen LogP contribution in [0.1, 0.15) is 79.1 Å². The topological polar surface area (TPSA) is 115 Å². The predicted molar refractivity (Wildman–Crippen MR) is 106 cm³/mol. The van der Waals surface area contributed by atoms with Crippen LogP contribution in [0, 0.1) is 0 Å². The average molecular weight is 400 g/mol. The number of quaternary nitrogens is 1. The van der Waals surface area contributed by atoms with Crippen molar-refractivity contribution >= 4 is 17.9 Å².